The predicted octanol–water partition coefficient (Wildman–Crippen LogP) is 1.13. The number of aliphatic imine (C=N–C) groups is 1. The molecule has 1 amide bonds. The van der Waals surface area contributed by atoms with E-state index in [0.29, 0.717) is 32.3 Å². The van der Waals surface area contributed by atoms with Crippen LogP contribution in [-0.2, 0) is 14.3 Å². The van der Waals surface area contributed by atoms with E-state index in [9.17, 15) is 4.79 Å². The second-order valence-electron chi connectivity index (χ2n) is 6.31. The Kier molecular flexibility index (Phi) is 12.4. The first-order chi connectivity index (χ1) is 11.0. The van der Waals surface area contributed by atoms with Crippen molar-refractivity contribution in [3.63, 3.8) is 0 Å². The highest BCUT2D eigenvalue weighted by Crippen LogP contribution is 2.13. The second-order valence-corrected chi connectivity index (χ2v) is 6.31. The molecule has 1 rings (SSSR count). The van der Waals surface area contributed by atoms with E-state index in [1.165, 1.54) is 0 Å². The van der Waals surface area contributed by atoms with Crippen LogP contribution >= 0.6 is 24.0 Å². The van der Waals surface area contributed by atoms with Gasteiger partial charge < -0.3 is 25.4 Å². The maximum Gasteiger partial charge on any atom is 0.227 e. The fourth-order valence-electron chi connectivity index (χ4n) is 2.18. The molecule has 7 nitrogen and oxygen atoms in total. The molecule has 3 N–H and O–H groups in total. The lowest BCUT2D eigenvalue weighted by Crippen LogP contribution is -2.48. The van der Waals surface area contributed by atoms with Gasteiger partial charge in [-0.15, -0.1) is 24.0 Å². The van der Waals surface area contributed by atoms with Crippen molar-refractivity contribution in [1.82, 2.24) is 16.0 Å². The molecule has 0 saturated carbocycles. The van der Waals surface area contributed by atoms with Crippen molar-refractivity contribution in [3.8, 4) is 0 Å². The molecular weight excluding hydrogens is 423 g/mol. The highest BCUT2D eigenvalue weighted by molar-refractivity contribution is 14.0. The fourth-order valence-corrected chi connectivity index (χ4v) is 2.18. The van der Waals surface area contributed by atoms with Crippen molar-refractivity contribution in [3.05, 3.63) is 0 Å². The summed E-state index contributed by atoms with van der Waals surface area (Å²) in [5.74, 6) is 0.738. The van der Waals surface area contributed by atoms with E-state index in [0.717, 1.165) is 26.0 Å². The molecule has 0 aliphatic carbocycles. The van der Waals surface area contributed by atoms with Crippen molar-refractivity contribution in [1.29, 1.82) is 0 Å². The lowest BCUT2D eigenvalue weighted by molar-refractivity contribution is -0.128. The average Bonchev–Trinajstić information content (AvgIpc) is 3.03. The zero-order valence-corrected chi connectivity index (χ0v) is 17.6. The van der Waals surface area contributed by atoms with Crippen LogP contribution in [-0.4, -0.2) is 64.5 Å². The Hall–Kier alpha value is -0.610. The second kappa shape index (κ2) is 12.7. The largest absolute Gasteiger partial charge is 0.379 e. The van der Waals surface area contributed by atoms with Gasteiger partial charge in [0.25, 0.3) is 0 Å². The standard InChI is InChI=1S/C16H32N4O3.HI/c1-5-18-14(21)16(2,3)12-20-15(17-4)19-8-6-9-23-13-7-10-22-11-13;/h13H,5-12H2,1-4H3,(H,18,21)(H2,17,19,20);1H. The van der Waals surface area contributed by atoms with Crippen molar-refractivity contribution >= 4 is 35.8 Å². The van der Waals surface area contributed by atoms with E-state index in [1.54, 1.807) is 7.05 Å². The van der Waals surface area contributed by atoms with Crippen LogP contribution in [0.3, 0.4) is 0 Å². The number of hydrogen-bond acceptors (Lipinski definition) is 4. The first-order valence-corrected chi connectivity index (χ1v) is 8.41. The number of halogens is 1. The van der Waals surface area contributed by atoms with Gasteiger partial charge in [-0.05, 0) is 33.6 Å². The zero-order valence-electron chi connectivity index (χ0n) is 15.3. The summed E-state index contributed by atoms with van der Waals surface area (Å²) in [7, 11) is 1.72. The minimum atomic E-state index is -0.487. The Balaban J connectivity index is 0.00000529. The maximum absolute atomic E-state index is 12.0. The predicted molar refractivity (Wildman–Crippen MR) is 107 cm³/mol. The first kappa shape index (κ1) is 23.4. The number of amides is 1. The van der Waals surface area contributed by atoms with Crippen molar-refractivity contribution < 1.29 is 14.3 Å². The molecule has 1 atom stereocenters. The monoisotopic (exact) mass is 456 g/mol. The van der Waals surface area contributed by atoms with E-state index in [1.807, 2.05) is 20.8 Å². The highest BCUT2D eigenvalue weighted by atomic mass is 127. The molecule has 1 aliphatic rings. The van der Waals surface area contributed by atoms with E-state index >= 15 is 0 Å². The van der Waals surface area contributed by atoms with Gasteiger partial charge in [-0.25, -0.2) is 0 Å². The van der Waals surface area contributed by atoms with Gasteiger partial charge in [0.05, 0.1) is 18.1 Å². The number of rotatable bonds is 9. The molecule has 8 heteroatoms. The van der Waals surface area contributed by atoms with Crippen LogP contribution in [0.15, 0.2) is 4.99 Å². The fraction of sp³-hybridized carbons (Fsp3) is 0.875. The molecule has 0 radical (unpaired) electrons. The molecule has 1 unspecified atom stereocenters. The molecule has 0 spiro atoms. The number of guanidine groups is 1. The summed E-state index contributed by atoms with van der Waals surface area (Å²) in [6, 6.07) is 0. The number of ether oxygens (including phenoxy) is 2. The maximum atomic E-state index is 12.0. The Labute approximate surface area is 162 Å². The van der Waals surface area contributed by atoms with Crippen LogP contribution in [0.2, 0.25) is 0 Å². The van der Waals surface area contributed by atoms with E-state index < -0.39 is 5.41 Å². The molecule has 24 heavy (non-hydrogen) atoms. The zero-order chi connectivity index (χ0) is 17.1. The molecule has 1 fully saturated rings. The lowest BCUT2D eigenvalue weighted by atomic mass is 9.92. The topological polar surface area (TPSA) is 84.0 Å². The van der Waals surface area contributed by atoms with Crippen LogP contribution in [0, 0.1) is 5.41 Å². The first-order valence-electron chi connectivity index (χ1n) is 8.41. The van der Waals surface area contributed by atoms with Crippen LogP contribution in [0.1, 0.15) is 33.6 Å². The smallest absolute Gasteiger partial charge is 0.227 e. The van der Waals surface area contributed by atoms with Crippen LogP contribution in [0.5, 0.6) is 0 Å². The van der Waals surface area contributed by atoms with Crippen molar-refractivity contribution in [2.45, 2.75) is 39.7 Å². The molecule has 142 valence electrons. The minimum Gasteiger partial charge on any atom is -0.379 e. The summed E-state index contributed by atoms with van der Waals surface area (Å²) in [5.41, 5.74) is -0.487. The number of carbonyl (C=O) groups excluding carboxylic acids is 1. The van der Waals surface area contributed by atoms with Gasteiger partial charge in [-0.1, -0.05) is 0 Å². The Morgan fingerprint density at radius 3 is 2.67 bits per heavy atom. The lowest BCUT2D eigenvalue weighted by Gasteiger charge is -2.24. The van der Waals surface area contributed by atoms with Gasteiger partial charge in [-0.2, -0.15) is 0 Å². The molecule has 0 aromatic carbocycles. The van der Waals surface area contributed by atoms with Gasteiger partial charge in [0.15, 0.2) is 5.96 Å². The van der Waals surface area contributed by atoms with Gasteiger partial charge in [0.1, 0.15) is 0 Å². The SMILES string of the molecule is CCNC(=O)C(C)(C)CNC(=NC)NCCCOC1CCOC1.I. The van der Waals surface area contributed by atoms with Crippen LogP contribution in [0.25, 0.3) is 0 Å². The summed E-state index contributed by atoms with van der Waals surface area (Å²) >= 11 is 0. The third-order valence-electron chi connectivity index (χ3n) is 3.73. The van der Waals surface area contributed by atoms with Gasteiger partial charge in [0, 0.05) is 39.9 Å². The van der Waals surface area contributed by atoms with E-state index in [-0.39, 0.29) is 36.0 Å². The van der Waals surface area contributed by atoms with Gasteiger partial charge in [0.2, 0.25) is 5.91 Å². The highest BCUT2D eigenvalue weighted by Gasteiger charge is 2.27. The summed E-state index contributed by atoms with van der Waals surface area (Å²) in [4.78, 5) is 16.1. The number of carbonyl (C=O) groups is 1. The van der Waals surface area contributed by atoms with Crippen molar-refractivity contribution in [2.24, 2.45) is 10.4 Å². The van der Waals surface area contributed by atoms with Crippen LogP contribution in [0.4, 0.5) is 0 Å². The average molecular weight is 456 g/mol. The summed E-state index contributed by atoms with van der Waals surface area (Å²) in [6.07, 6.45) is 2.15. The third kappa shape index (κ3) is 9.03. The molecule has 0 bridgehead atoms. The van der Waals surface area contributed by atoms with E-state index in [4.69, 9.17) is 9.47 Å². The molecule has 1 heterocycles. The molecule has 1 saturated heterocycles. The van der Waals surface area contributed by atoms with Crippen LogP contribution < -0.4 is 16.0 Å². The van der Waals surface area contributed by atoms with Gasteiger partial charge in [-0.3, -0.25) is 9.79 Å². The normalized spacial score (nSPS) is 18.0. The Bertz CT molecular complexity index is 386. The Morgan fingerprint density at radius 1 is 1.33 bits per heavy atom. The number of nitrogens with one attached hydrogen (secondary N) is 3. The quantitative estimate of drug-likeness (QED) is 0.210. The molecule has 0 aromatic heterocycles. The molecular formula is C16H33IN4O3. The number of nitrogens with zero attached hydrogens (tertiary/aromatic N) is 1. The number of hydrogen-bond donors (Lipinski definition) is 3. The van der Waals surface area contributed by atoms with E-state index in [2.05, 4.69) is 20.9 Å². The Morgan fingerprint density at radius 2 is 2.08 bits per heavy atom. The molecule has 1 aliphatic heterocycles. The third-order valence-corrected chi connectivity index (χ3v) is 3.73. The minimum absolute atomic E-state index is 0. The van der Waals surface area contributed by atoms with Gasteiger partial charge >= 0.3 is 0 Å². The summed E-state index contributed by atoms with van der Waals surface area (Å²) in [6.45, 7) is 9.91. The molecule has 0 aromatic rings. The summed E-state index contributed by atoms with van der Waals surface area (Å²) in [5, 5.41) is 9.28. The summed E-state index contributed by atoms with van der Waals surface area (Å²) < 4.78 is 11.0. The van der Waals surface area contributed by atoms with Crippen molar-refractivity contribution in [2.75, 3.05) is 46.5 Å².